The maximum atomic E-state index is 13.8. The molecule has 2 amide bonds. The van der Waals surface area contributed by atoms with Crippen molar-refractivity contribution in [1.29, 1.82) is 0 Å². The van der Waals surface area contributed by atoms with E-state index < -0.39 is 0 Å². The Morgan fingerprint density at radius 2 is 1.79 bits per heavy atom. The molecule has 0 spiro atoms. The molecule has 0 unspecified atom stereocenters. The zero-order valence-electron chi connectivity index (χ0n) is 17.2. The minimum absolute atomic E-state index is 0. The Morgan fingerprint density at radius 1 is 1.10 bits per heavy atom. The summed E-state index contributed by atoms with van der Waals surface area (Å²) in [6.07, 6.45) is 2.18. The van der Waals surface area contributed by atoms with Crippen LogP contribution in [0.15, 0.2) is 29.8 Å². The molecule has 1 saturated heterocycles. The molecule has 0 saturated carbocycles. The molecule has 0 N–H and O–H groups in total. The number of carbonyl (C=O) groups excluding carboxylic acids is 2. The molecule has 2 heterocycles. The molecular weight excluding hydrogens is 397 g/mol. The van der Waals surface area contributed by atoms with Crippen LogP contribution in [-0.4, -0.2) is 67.0 Å². The van der Waals surface area contributed by atoms with E-state index in [1.54, 1.807) is 13.0 Å². The first kappa shape index (κ1) is 23.2. The number of piperazine rings is 1. The smallest absolute Gasteiger partial charge is 0.256 e. The van der Waals surface area contributed by atoms with Gasteiger partial charge < -0.3 is 9.64 Å². The van der Waals surface area contributed by atoms with Crippen LogP contribution in [0.5, 0.6) is 5.75 Å². The van der Waals surface area contributed by atoms with E-state index in [0.717, 1.165) is 44.8 Å². The standard InChI is InChI=1S/C21H28FN3O3.ClH/c1-15(2)28-19-6-5-17(22)14-18(19)24-11-9-23(10-12-24)7-4-8-25-20(26)13-16(3)21(25)27;/h5-6,13-15H,4,7-12H2,1-3H3;1H. The third kappa shape index (κ3) is 5.70. The average molecular weight is 426 g/mol. The van der Waals surface area contributed by atoms with Gasteiger partial charge in [0.05, 0.1) is 11.8 Å². The molecule has 0 aliphatic carbocycles. The van der Waals surface area contributed by atoms with Crippen molar-refractivity contribution in [1.82, 2.24) is 9.80 Å². The molecule has 2 aliphatic heterocycles. The van der Waals surface area contributed by atoms with Crippen LogP contribution in [0.25, 0.3) is 0 Å². The van der Waals surface area contributed by atoms with E-state index in [4.69, 9.17) is 4.74 Å². The van der Waals surface area contributed by atoms with Crippen LogP contribution in [0.4, 0.5) is 10.1 Å². The highest BCUT2D eigenvalue weighted by Gasteiger charge is 2.28. The minimum atomic E-state index is -0.266. The largest absolute Gasteiger partial charge is 0.489 e. The van der Waals surface area contributed by atoms with E-state index in [0.29, 0.717) is 17.9 Å². The maximum absolute atomic E-state index is 13.8. The van der Waals surface area contributed by atoms with Crippen molar-refractivity contribution in [2.45, 2.75) is 33.3 Å². The molecule has 1 aromatic rings. The number of hydrogen-bond acceptors (Lipinski definition) is 5. The van der Waals surface area contributed by atoms with Crippen LogP contribution in [-0.2, 0) is 9.59 Å². The van der Waals surface area contributed by atoms with Crippen LogP contribution in [0, 0.1) is 5.82 Å². The van der Waals surface area contributed by atoms with Crippen LogP contribution in [0.1, 0.15) is 27.2 Å². The van der Waals surface area contributed by atoms with Crippen molar-refractivity contribution in [2.75, 3.05) is 44.2 Å². The predicted molar refractivity (Wildman–Crippen MR) is 113 cm³/mol. The highest BCUT2D eigenvalue weighted by molar-refractivity contribution is 6.15. The van der Waals surface area contributed by atoms with Crippen molar-refractivity contribution >= 4 is 29.9 Å². The Kier molecular flexibility index (Phi) is 8.05. The second-order valence-electron chi connectivity index (χ2n) is 7.58. The van der Waals surface area contributed by atoms with Crippen molar-refractivity contribution in [3.05, 3.63) is 35.7 Å². The maximum Gasteiger partial charge on any atom is 0.256 e. The first-order chi connectivity index (χ1) is 13.3. The van der Waals surface area contributed by atoms with Crippen molar-refractivity contribution in [2.24, 2.45) is 0 Å². The second-order valence-corrected chi connectivity index (χ2v) is 7.58. The number of benzene rings is 1. The Balaban J connectivity index is 0.00000300. The van der Waals surface area contributed by atoms with E-state index >= 15 is 0 Å². The fourth-order valence-electron chi connectivity index (χ4n) is 3.61. The van der Waals surface area contributed by atoms with Gasteiger partial charge >= 0.3 is 0 Å². The van der Waals surface area contributed by atoms with E-state index in [-0.39, 0.29) is 36.1 Å². The number of ether oxygens (including phenoxy) is 1. The van der Waals surface area contributed by atoms with Crippen LogP contribution in [0.3, 0.4) is 0 Å². The lowest BCUT2D eigenvalue weighted by Gasteiger charge is -2.37. The summed E-state index contributed by atoms with van der Waals surface area (Å²) in [4.78, 5) is 29.5. The van der Waals surface area contributed by atoms with Gasteiger partial charge in [-0.05, 0) is 45.9 Å². The Bertz CT molecular complexity index is 776. The topological polar surface area (TPSA) is 53.1 Å². The lowest BCUT2D eigenvalue weighted by atomic mass is 10.2. The molecule has 1 fully saturated rings. The van der Waals surface area contributed by atoms with Crippen molar-refractivity contribution in [3.63, 3.8) is 0 Å². The summed E-state index contributed by atoms with van der Waals surface area (Å²) in [6.45, 7) is 10.1. The van der Waals surface area contributed by atoms with Gasteiger partial charge in [-0.3, -0.25) is 19.4 Å². The third-order valence-electron chi connectivity index (χ3n) is 5.04. The molecule has 29 heavy (non-hydrogen) atoms. The molecule has 0 bridgehead atoms. The molecule has 6 nitrogen and oxygen atoms in total. The summed E-state index contributed by atoms with van der Waals surface area (Å²) < 4.78 is 19.6. The number of amides is 2. The zero-order chi connectivity index (χ0) is 20.3. The van der Waals surface area contributed by atoms with E-state index in [1.807, 2.05) is 13.8 Å². The Labute approximate surface area is 177 Å². The SMILES string of the molecule is CC1=CC(=O)N(CCCN2CCN(c3cc(F)ccc3OC(C)C)CC2)C1=O.Cl. The fourth-order valence-corrected chi connectivity index (χ4v) is 3.61. The van der Waals surface area contributed by atoms with Crippen LogP contribution < -0.4 is 9.64 Å². The van der Waals surface area contributed by atoms with Gasteiger partial charge in [-0.2, -0.15) is 0 Å². The number of rotatable bonds is 7. The lowest BCUT2D eigenvalue weighted by molar-refractivity contribution is -0.137. The molecule has 0 atom stereocenters. The zero-order valence-corrected chi connectivity index (χ0v) is 18.0. The number of anilines is 1. The first-order valence-electron chi connectivity index (χ1n) is 9.83. The van der Waals surface area contributed by atoms with Gasteiger partial charge in [-0.15, -0.1) is 12.4 Å². The molecule has 0 radical (unpaired) electrons. The monoisotopic (exact) mass is 425 g/mol. The van der Waals surface area contributed by atoms with Gasteiger partial charge in [0.15, 0.2) is 0 Å². The highest BCUT2D eigenvalue weighted by Crippen LogP contribution is 2.31. The van der Waals surface area contributed by atoms with Gasteiger partial charge in [-0.1, -0.05) is 0 Å². The van der Waals surface area contributed by atoms with Gasteiger partial charge in [0.25, 0.3) is 11.8 Å². The molecule has 0 aromatic heterocycles. The fraction of sp³-hybridized carbons (Fsp3) is 0.524. The predicted octanol–water partition coefficient (Wildman–Crippen LogP) is 2.86. The third-order valence-corrected chi connectivity index (χ3v) is 5.04. The average Bonchev–Trinajstić information content (AvgIpc) is 2.89. The molecule has 160 valence electrons. The van der Waals surface area contributed by atoms with Crippen molar-refractivity contribution < 1.29 is 18.7 Å². The number of carbonyl (C=O) groups is 2. The second kappa shape index (κ2) is 10.1. The van der Waals surface area contributed by atoms with Crippen LogP contribution >= 0.6 is 12.4 Å². The highest BCUT2D eigenvalue weighted by atomic mass is 35.5. The molecule has 3 rings (SSSR count). The molecular formula is C21H29ClFN3O3. The summed E-state index contributed by atoms with van der Waals surface area (Å²) in [5, 5.41) is 0. The normalized spacial score (nSPS) is 17.6. The number of halogens is 2. The first-order valence-corrected chi connectivity index (χ1v) is 9.83. The minimum Gasteiger partial charge on any atom is -0.489 e. The summed E-state index contributed by atoms with van der Waals surface area (Å²) in [6, 6.07) is 4.65. The molecule has 1 aromatic carbocycles. The van der Waals surface area contributed by atoms with Gasteiger partial charge in [0, 0.05) is 50.4 Å². The Hall–Kier alpha value is -2.12. The number of imide groups is 1. The molecule has 8 heteroatoms. The van der Waals surface area contributed by atoms with Gasteiger partial charge in [0.2, 0.25) is 0 Å². The van der Waals surface area contributed by atoms with E-state index in [1.165, 1.54) is 23.1 Å². The van der Waals surface area contributed by atoms with Gasteiger partial charge in [0.1, 0.15) is 11.6 Å². The van der Waals surface area contributed by atoms with E-state index in [9.17, 15) is 14.0 Å². The molecule has 2 aliphatic rings. The quantitative estimate of drug-likeness (QED) is 0.629. The lowest BCUT2D eigenvalue weighted by Crippen LogP contribution is -2.47. The van der Waals surface area contributed by atoms with Gasteiger partial charge in [-0.25, -0.2) is 4.39 Å². The van der Waals surface area contributed by atoms with Crippen molar-refractivity contribution in [3.8, 4) is 5.75 Å². The number of hydrogen-bond donors (Lipinski definition) is 0. The summed E-state index contributed by atoms with van der Waals surface area (Å²) in [5.74, 6) is 0.0471. The van der Waals surface area contributed by atoms with E-state index in [2.05, 4.69) is 9.80 Å². The summed E-state index contributed by atoms with van der Waals surface area (Å²) >= 11 is 0. The summed E-state index contributed by atoms with van der Waals surface area (Å²) in [5.41, 5.74) is 1.30. The number of nitrogens with zero attached hydrogens (tertiary/aromatic N) is 3. The summed E-state index contributed by atoms with van der Waals surface area (Å²) in [7, 11) is 0. The Morgan fingerprint density at radius 3 is 2.38 bits per heavy atom. The van der Waals surface area contributed by atoms with Crippen LogP contribution in [0.2, 0.25) is 0 Å².